The van der Waals surface area contributed by atoms with E-state index in [4.69, 9.17) is 11.6 Å². The van der Waals surface area contributed by atoms with Crippen LogP contribution in [-0.2, 0) is 4.79 Å². The van der Waals surface area contributed by atoms with Crippen molar-refractivity contribution >= 4 is 22.6 Å². The Labute approximate surface area is 117 Å². The monoisotopic (exact) mass is 274 g/mol. The summed E-state index contributed by atoms with van der Waals surface area (Å²) in [6, 6.07) is 9.15. The maximum Gasteiger partial charge on any atom is 0.222 e. The fourth-order valence-corrected chi connectivity index (χ4v) is 2.62. The number of carbonyl (C=O) groups is 2. The fourth-order valence-electron chi connectivity index (χ4n) is 2.32. The Hall–Kier alpha value is -1.67. The van der Waals surface area contributed by atoms with Crippen LogP contribution >= 0.6 is 11.6 Å². The summed E-state index contributed by atoms with van der Waals surface area (Å²) >= 11 is 5.47. The van der Waals surface area contributed by atoms with Crippen molar-refractivity contribution in [3.63, 3.8) is 0 Å². The Morgan fingerprint density at radius 1 is 1.26 bits per heavy atom. The summed E-state index contributed by atoms with van der Waals surface area (Å²) in [7, 11) is 0. The zero-order chi connectivity index (χ0) is 13.9. The van der Waals surface area contributed by atoms with Gasteiger partial charge in [-0.15, -0.1) is 0 Å². The highest BCUT2D eigenvalue weighted by Crippen LogP contribution is 2.36. The Kier molecular flexibility index (Phi) is 4.01. The van der Waals surface area contributed by atoms with E-state index in [1.165, 1.54) is 0 Å². The van der Waals surface area contributed by atoms with E-state index < -0.39 is 0 Å². The Bertz CT molecular complexity index is 557. The standard InChI is InChI=1S/C16H15ClO2/c1-16(11-14(17)18)9-5-8-13(10-16)15(19)12-6-3-2-4-7-12/h2-9H,10-11H2,1H3. The SMILES string of the molecule is CC1(CC(=O)Cl)C=CC=C(C(=O)c2ccccc2)C1. The largest absolute Gasteiger partial charge is 0.289 e. The molecule has 0 spiro atoms. The lowest BCUT2D eigenvalue weighted by atomic mass is 9.76. The van der Waals surface area contributed by atoms with E-state index in [0.29, 0.717) is 17.6 Å². The molecular weight excluding hydrogens is 260 g/mol. The molecule has 1 aromatic rings. The van der Waals surface area contributed by atoms with Crippen molar-refractivity contribution in [1.29, 1.82) is 0 Å². The molecule has 1 unspecified atom stereocenters. The number of Topliss-reactive ketones (excluding diaryl/α,β-unsaturated/α-hetero) is 1. The molecule has 0 bridgehead atoms. The minimum absolute atomic E-state index is 0.0122. The Balaban J connectivity index is 2.19. The highest BCUT2D eigenvalue weighted by Gasteiger charge is 2.29. The van der Waals surface area contributed by atoms with Gasteiger partial charge in [0.05, 0.1) is 0 Å². The molecule has 19 heavy (non-hydrogen) atoms. The molecule has 1 aliphatic rings. The quantitative estimate of drug-likeness (QED) is 0.616. The molecule has 1 aromatic carbocycles. The summed E-state index contributed by atoms with van der Waals surface area (Å²) in [6.07, 6.45) is 6.37. The van der Waals surface area contributed by atoms with Gasteiger partial charge < -0.3 is 0 Å². The van der Waals surface area contributed by atoms with E-state index in [0.717, 1.165) is 0 Å². The van der Waals surface area contributed by atoms with Gasteiger partial charge in [-0.2, -0.15) is 0 Å². The van der Waals surface area contributed by atoms with Crippen LogP contribution in [0.1, 0.15) is 30.1 Å². The Morgan fingerprint density at radius 2 is 1.95 bits per heavy atom. The van der Waals surface area contributed by atoms with Gasteiger partial charge in [-0.05, 0) is 23.4 Å². The number of benzene rings is 1. The van der Waals surface area contributed by atoms with Gasteiger partial charge >= 0.3 is 0 Å². The predicted molar refractivity (Wildman–Crippen MR) is 76.2 cm³/mol. The van der Waals surface area contributed by atoms with Gasteiger partial charge in [0.1, 0.15) is 0 Å². The van der Waals surface area contributed by atoms with Crippen LogP contribution < -0.4 is 0 Å². The molecule has 0 saturated carbocycles. The number of hydrogen-bond donors (Lipinski definition) is 0. The molecule has 0 amide bonds. The number of hydrogen-bond acceptors (Lipinski definition) is 2. The highest BCUT2D eigenvalue weighted by molar-refractivity contribution is 6.63. The van der Waals surface area contributed by atoms with Crippen molar-refractivity contribution in [1.82, 2.24) is 0 Å². The average Bonchev–Trinajstić information content (AvgIpc) is 2.37. The van der Waals surface area contributed by atoms with E-state index in [9.17, 15) is 9.59 Å². The lowest BCUT2D eigenvalue weighted by Crippen LogP contribution is -2.22. The van der Waals surface area contributed by atoms with Crippen LogP contribution in [0.5, 0.6) is 0 Å². The van der Waals surface area contributed by atoms with Gasteiger partial charge in [-0.25, -0.2) is 0 Å². The van der Waals surface area contributed by atoms with Gasteiger partial charge in [-0.1, -0.05) is 55.5 Å². The highest BCUT2D eigenvalue weighted by atomic mass is 35.5. The van der Waals surface area contributed by atoms with Crippen LogP contribution in [0.3, 0.4) is 0 Å². The number of allylic oxidation sites excluding steroid dienone is 4. The van der Waals surface area contributed by atoms with E-state index in [2.05, 4.69) is 0 Å². The van der Waals surface area contributed by atoms with Crippen LogP contribution in [0.2, 0.25) is 0 Å². The lowest BCUT2D eigenvalue weighted by molar-refractivity contribution is -0.113. The van der Waals surface area contributed by atoms with Crippen molar-refractivity contribution in [3.8, 4) is 0 Å². The second-order valence-corrected chi connectivity index (χ2v) is 5.53. The number of ketones is 1. The number of carbonyl (C=O) groups excluding carboxylic acids is 2. The second kappa shape index (κ2) is 5.54. The summed E-state index contributed by atoms with van der Waals surface area (Å²) in [5.74, 6) is 0.0122. The van der Waals surface area contributed by atoms with Crippen molar-refractivity contribution in [3.05, 3.63) is 59.7 Å². The predicted octanol–water partition coefficient (Wildman–Crippen LogP) is 3.92. The molecule has 2 nitrogen and oxygen atoms in total. The molecule has 0 aromatic heterocycles. The molecule has 1 atom stereocenters. The average molecular weight is 275 g/mol. The molecule has 0 radical (unpaired) electrons. The minimum Gasteiger partial charge on any atom is -0.289 e. The molecule has 0 saturated heterocycles. The first kappa shape index (κ1) is 13.8. The zero-order valence-corrected chi connectivity index (χ0v) is 11.5. The number of rotatable bonds is 4. The van der Waals surface area contributed by atoms with Gasteiger partial charge in [0.15, 0.2) is 5.78 Å². The van der Waals surface area contributed by atoms with Crippen LogP contribution in [-0.4, -0.2) is 11.0 Å². The summed E-state index contributed by atoms with van der Waals surface area (Å²) in [5, 5.41) is -0.374. The van der Waals surface area contributed by atoms with Crippen molar-refractivity contribution < 1.29 is 9.59 Å². The van der Waals surface area contributed by atoms with Crippen LogP contribution in [0, 0.1) is 5.41 Å². The van der Waals surface area contributed by atoms with Crippen molar-refractivity contribution in [2.75, 3.05) is 0 Å². The maximum absolute atomic E-state index is 12.4. The van der Waals surface area contributed by atoms with Gasteiger partial charge in [0.25, 0.3) is 0 Å². The van der Waals surface area contributed by atoms with E-state index in [1.54, 1.807) is 12.1 Å². The molecule has 98 valence electrons. The van der Waals surface area contributed by atoms with Crippen LogP contribution in [0.4, 0.5) is 0 Å². The summed E-state index contributed by atoms with van der Waals surface area (Å²) in [4.78, 5) is 23.4. The zero-order valence-electron chi connectivity index (χ0n) is 10.7. The van der Waals surface area contributed by atoms with Gasteiger partial charge in [-0.3, -0.25) is 9.59 Å². The molecule has 3 heteroatoms. The van der Waals surface area contributed by atoms with Gasteiger partial charge in [0.2, 0.25) is 5.24 Å². The third kappa shape index (κ3) is 3.42. The molecular formula is C16H15ClO2. The topological polar surface area (TPSA) is 34.1 Å². The fraction of sp³-hybridized carbons (Fsp3) is 0.250. The molecule has 0 aliphatic heterocycles. The maximum atomic E-state index is 12.4. The third-order valence-corrected chi connectivity index (χ3v) is 3.39. The molecule has 1 aliphatic carbocycles. The first-order chi connectivity index (χ1) is 9.00. The minimum atomic E-state index is -0.374. The molecule has 0 fully saturated rings. The molecule has 0 heterocycles. The third-order valence-electron chi connectivity index (χ3n) is 3.26. The summed E-state index contributed by atoms with van der Waals surface area (Å²) < 4.78 is 0. The van der Waals surface area contributed by atoms with E-state index in [1.807, 2.05) is 43.4 Å². The second-order valence-electron chi connectivity index (χ2n) is 5.11. The lowest BCUT2D eigenvalue weighted by Gasteiger charge is -2.27. The normalized spacial score (nSPS) is 21.9. The summed E-state index contributed by atoms with van der Waals surface area (Å²) in [6.45, 7) is 1.94. The smallest absolute Gasteiger partial charge is 0.222 e. The van der Waals surface area contributed by atoms with Gasteiger partial charge in [0, 0.05) is 17.6 Å². The van der Waals surface area contributed by atoms with Crippen molar-refractivity contribution in [2.24, 2.45) is 5.41 Å². The molecule has 2 rings (SSSR count). The van der Waals surface area contributed by atoms with E-state index in [-0.39, 0.29) is 22.9 Å². The van der Waals surface area contributed by atoms with E-state index >= 15 is 0 Å². The van der Waals surface area contributed by atoms with Crippen LogP contribution in [0.25, 0.3) is 0 Å². The first-order valence-electron chi connectivity index (χ1n) is 6.17. The van der Waals surface area contributed by atoms with Crippen LogP contribution in [0.15, 0.2) is 54.1 Å². The summed E-state index contributed by atoms with van der Waals surface area (Å²) in [5.41, 5.74) is 1.02. The van der Waals surface area contributed by atoms with Crippen molar-refractivity contribution in [2.45, 2.75) is 19.8 Å². The molecule has 0 N–H and O–H groups in total. The number of halogens is 1. The first-order valence-corrected chi connectivity index (χ1v) is 6.54. The Morgan fingerprint density at radius 3 is 2.58 bits per heavy atom.